The van der Waals surface area contributed by atoms with Gasteiger partial charge in [0.15, 0.2) is 0 Å². The predicted octanol–water partition coefficient (Wildman–Crippen LogP) is 12.6. The third kappa shape index (κ3) is 3.99. The van der Waals surface area contributed by atoms with Crippen LogP contribution in [0.2, 0.25) is 0 Å². The number of para-hydroxylation sites is 4. The Kier molecular flexibility index (Phi) is 6.02. The Balaban J connectivity index is 1.27. The number of rotatable bonds is 3. The minimum absolute atomic E-state index is 0.480. The van der Waals surface area contributed by atoms with E-state index in [1.54, 1.807) is 0 Å². The fourth-order valence-corrected chi connectivity index (χ4v) is 8.68. The standard InChI is InChI=1S/C48H27N5/c1-50-48-45(52-41-20-10-6-16-36(41)37-17-7-11-21-42(37)52)26-30(29-49)27-46(48)53-43-25-23-32(28-38(43)47-33-13-3-2-12-31(33)22-24-44(47)53)51-39-18-8-4-14-34(39)35-15-5-9-19-40(35)51/h2-28H. The lowest BCUT2D eigenvalue weighted by Crippen LogP contribution is -2.01. The Labute approximate surface area is 303 Å². The van der Waals surface area contributed by atoms with Crippen LogP contribution in [0.15, 0.2) is 164 Å². The van der Waals surface area contributed by atoms with Crippen molar-refractivity contribution in [1.29, 1.82) is 5.26 Å². The summed E-state index contributed by atoms with van der Waals surface area (Å²) in [5, 5.41) is 19.6. The van der Waals surface area contributed by atoms with E-state index in [0.717, 1.165) is 71.1 Å². The van der Waals surface area contributed by atoms with Gasteiger partial charge in [0.2, 0.25) is 5.69 Å². The number of aromatic nitrogens is 3. The maximum absolute atomic E-state index is 10.5. The van der Waals surface area contributed by atoms with E-state index >= 15 is 0 Å². The van der Waals surface area contributed by atoms with Crippen LogP contribution in [-0.2, 0) is 0 Å². The molecule has 0 atom stereocenters. The Morgan fingerprint density at radius 1 is 0.434 bits per heavy atom. The Morgan fingerprint density at radius 3 is 1.43 bits per heavy atom. The van der Waals surface area contributed by atoms with E-state index in [4.69, 9.17) is 6.57 Å². The van der Waals surface area contributed by atoms with E-state index in [0.29, 0.717) is 22.6 Å². The van der Waals surface area contributed by atoms with E-state index in [1.807, 2.05) is 36.4 Å². The quantitative estimate of drug-likeness (QED) is 0.172. The first-order valence-electron chi connectivity index (χ1n) is 17.6. The predicted molar refractivity (Wildman–Crippen MR) is 218 cm³/mol. The molecule has 0 radical (unpaired) electrons. The van der Waals surface area contributed by atoms with E-state index < -0.39 is 0 Å². The second-order valence-corrected chi connectivity index (χ2v) is 13.5. The summed E-state index contributed by atoms with van der Waals surface area (Å²) in [6, 6.07) is 59.3. The first kappa shape index (κ1) is 29.2. The number of nitriles is 1. The molecule has 0 N–H and O–H groups in total. The second-order valence-electron chi connectivity index (χ2n) is 13.5. The molecule has 0 aliphatic heterocycles. The van der Waals surface area contributed by atoms with Crippen LogP contribution in [0.25, 0.3) is 98.1 Å². The number of hydrogen-bond acceptors (Lipinski definition) is 1. The summed E-state index contributed by atoms with van der Waals surface area (Å²) in [4.78, 5) is 4.27. The van der Waals surface area contributed by atoms with Crippen LogP contribution in [0.4, 0.5) is 5.69 Å². The molecule has 0 unspecified atom stereocenters. The molecule has 244 valence electrons. The maximum Gasteiger partial charge on any atom is 0.234 e. The van der Waals surface area contributed by atoms with Crippen LogP contribution in [0.3, 0.4) is 0 Å². The summed E-state index contributed by atoms with van der Waals surface area (Å²) in [7, 11) is 0. The molecule has 0 aliphatic carbocycles. The van der Waals surface area contributed by atoms with Crippen molar-refractivity contribution in [2.75, 3.05) is 0 Å². The summed E-state index contributed by atoms with van der Waals surface area (Å²) in [5.74, 6) is 0. The van der Waals surface area contributed by atoms with Crippen molar-refractivity contribution in [2.24, 2.45) is 0 Å². The summed E-state index contributed by atoms with van der Waals surface area (Å²) >= 11 is 0. The fraction of sp³-hybridized carbons (Fsp3) is 0. The van der Waals surface area contributed by atoms with Gasteiger partial charge in [0.1, 0.15) is 0 Å². The number of fused-ring (bicyclic) bond motifs is 11. The molecule has 0 saturated heterocycles. The lowest BCUT2D eigenvalue weighted by atomic mass is 10.0. The summed E-state index contributed by atoms with van der Waals surface area (Å²) in [6.45, 7) is 8.72. The molecule has 3 heterocycles. The first-order chi connectivity index (χ1) is 26.2. The number of nitrogens with zero attached hydrogens (tertiary/aromatic N) is 5. The minimum Gasteiger partial charge on any atom is -0.319 e. The number of hydrogen-bond donors (Lipinski definition) is 0. The van der Waals surface area contributed by atoms with Gasteiger partial charge in [-0.1, -0.05) is 103 Å². The van der Waals surface area contributed by atoms with Crippen LogP contribution in [0.5, 0.6) is 0 Å². The highest BCUT2D eigenvalue weighted by Gasteiger charge is 2.23. The SMILES string of the molecule is [C-]#[N+]c1c(-n2c3ccccc3c3ccccc32)cc(C#N)cc1-n1c2ccc(-n3c4ccccc4c4ccccc43)cc2c2c3ccccc3ccc21. The van der Waals surface area contributed by atoms with E-state index in [1.165, 1.54) is 10.8 Å². The van der Waals surface area contributed by atoms with Crippen molar-refractivity contribution in [1.82, 2.24) is 13.7 Å². The maximum atomic E-state index is 10.5. The smallest absolute Gasteiger partial charge is 0.234 e. The van der Waals surface area contributed by atoms with Gasteiger partial charge >= 0.3 is 0 Å². The third-order valence-corrected chi connectivity index (χ3v) is 10.8. The van der Waals surface area contributed by atoms with Crippen LogP contribution < -0.4 is 0 Å². The van der Waals surface area contributed by atoms with Gasteiger partial charge in [-0.2, -0.15) is 5.26 Å². The van der Waals surface area contributed by atoms with Gasteiger partial charge < -0.3 is 13.7 Å². The van der Waals surface area contributed by atoms with Gasteiger partial charge in [0, 0.05) is 38.0 Å². The molecule has 53 heavy (non-hydrogen) atoms. The molecular formula is C48H27N5. The van der Waals surface area contributed by atoms with Crippen LogP contribution in [0, 0.1) is 17.9 Å². The molecule has 8 aromatic carbocycles. The number of benzene rings is 8. The topological polar surface area (TPSA) is 42.9 Å². The minimum atomic E-state index is 0.480. The van der Waals surface area contributed by atoms with Gasteiger partial charge in [-0.15, -0.1) is 0 Å². The largest absolute Gasteiger partial charge is 0.319 e. The highest BCUT2D eigenvalue weighted by atomic mass is 15.1. The Bertz CT molecular complexity index is 3320. The van der Waals surface area contributed by atoms with Crippen molar-refractivity contribution >= 4 is 81.9 Å². The molecule has 3 aromatic heterocycles. The lowest BCUT2D eigenvalue weighted by Gasteiger charge is -2.17. The van der Waals surface area contributed by atoms with Gasteiger partial charge in [0.25, 0.3) is 0 Å². The molecule has 5 heteroatoms. The Morgan fingerprint density at radius 2 is 0.887 bits per heavy atom. The monoisotopic (exact) mass is 673 g/mol. The average molecular weight is 674 g/mol. The molecule has 0 spiro atoms. The molecule has 0 fully saturated rings. The summed E-state index contributed by atoms with van der Waals surface area (Å²) < 4.78 is 6.68. The van der Waals surface area contributed by atoms with Crippen LogP contribution in [0.1, 0.15) is 5.56 Å². The first-order valence-corrected chi connectivity index (χ1v) is 17.6. The van der Waals surface area contributed by atoms with Gasteiger partial charge in [-0.25, -0.2) is 4.85 Å². The van der Waals surface area contributed by atoms with E-state index in [2.05, 4.69) is 152 Å². The van der Waals surface area contributed by atoms with Gasteiger partial charge in [-0.05, 0) is 71.4 Å². The van der Waals surface area contributed by atoms with Gasteiger partial charge in [0.05, 0.1) is 62.7 Å². The van der Waals surface area contributed by atoms with E-state index in [9.17, 15) is 5.26 Å². The zero-order chi connectivity index (χ0) is 35.2. The fourth-order valence-electron chi connectivity index (χ4n) is 8.68. The van der Waals surface area contributed by atoms with Crippen LogP contribution >= 0.6 is 0 Å². The van der Waals surface area contributed by atoms with Crippen molar-refractivity contribution in [3.05, 3.63) is 181 Å². The molecule has 0 aliphatic rings. The second kappa shape index (κ2) is 10.9. The lowest BCUT2D eigenvalue weighted by molar-refractivity contribution is 1.14. The third-order valence-electron chi connectivity index (χ3n) is 10.8. The molecule has 11 aromatic rings. The zero-order valence-corrected chi connectivity index (χ0v) is 28.3. The molecule has 0 saturated carbocycles. The van der Waals surface area contributed by atoms with E-state index in [-0.39, 0.29) is 0 Å². The molecular weight excluding hydrogens is 647 g/mol. The van der Waals surface area contributed by atoms with Crippen molar-refractivity contribution in [3.8, 4) is 23.1 Å². The van der Waals surface area contributed by atoms with Crippen LogP contribution in [-0.4, -0.2) is 13.7 Å². The highest BCUT2D eigenvalue weighted by Crippen LogP contribution is 2.44. The normalized spacial score (nSPS) is 11.7. The molecule has 5 nitrogen and oxygen atoms in total. The Hall–Kier alpha value is -7.60. The zero-order valence-electron chi connectivity index (χ0n) is 28.3. The molecule has 11 rings (SSSR count). The highest BCUT2D eigenvalue weighted by molar-refractivity contribution is 6.22. The molecule has 0 amide bonds. The summed E-state index contributed by atoms with van der Waals surface area (Å²) in [5.41, 5.74) is 9.61. The van der Waals surface area contributed by atoms with Crippen molar-refractivity contribution in [3.63, 3.8) is 0 Å². The molecule has 0 bridgehead atoms. The van der Waals surface area contributed by atoms with Crippen molar-refractivity contribution in [2.45, 2.75) is 0 Å². The van der Waals surface area contributed by atoms with Crippen molar-refractivity contribution < 1.29 is 0 Å². The average Bonchev–Trinajstić information content (AvgIpc) is 3.86. The van der Waals surface area contributed by atoms with Gasteiger partial charge in [-0.3, -0.25) is 0 Å². The summed E-state index contributed by atoms with van der Waals surface area (Å²) in [6.07, 6.45) is 0.